The second-order valence-corrected chi connectivity index (χ2v) is 7.37. The normalized spacial score (nSPS) is 11.9. The Morgan fingerprint density at radius 3 is 2.25 bits per heavy atom. The monoisotopic (exact) mass is 294 g/mol. The van der Waals surface area contributed by atoms with E-state index >= 15 is 0 Å². The van der Waals surface area contributed by atoms with E-state index in [2.05, 4.69) is 4.72 Å². The van der Waals surface area contributed by atoms with Gasteiger partial charge in [0.2, 0.25) is 10.0 Å². The summed E-state index contributed by atoms with van der Waals surface area (Å²) < 4.78 is 26.0. The average Bonchev–Trinajstić information content (AvgIpc) is 2.35. The summed E-state index contributed by atoms with van der Waals surface area (Å²) >= 11 is 0. The fourth-order valence-corrected chi connectivity index (χ4v) is 2.47. The van der Waals surface area contributed by atoms with Gasteiger partial charge in [-0.2, -0.15) is 5.26 Å². The van der Waals surface area contributed by atoms with Crippen LogP contribution in [-0.2, 0) is 20.6 Å². The lowest BCUT2D eigenvalue weighted by molar-refractivity contribution is -0.125. The van der Waals surface area contributed by atoms with Crippen LogP contribution in [0, 0.1) is 16.7 Å². The van der Waals surface area contributed by atoms with E-state index in [-0.39, 0.29) is 18.1 Å². The first kappa shape index (κ1) is 16.3. The Morgan fingerprint density at radius 2 is 1.80 bits per heavy atom. The largest absolute Gasteiger partial charge is 0.298 e. The fourth-order valence-electron chi connectivity index (χ4n) is 1.39. The number of benzene rings is 1. The zero-order chi connectivity index (χ0) is 15.4. The molecule has 0 radical (unpaired) electrons. The van der Waals surface area contributed by atoms with Crippen LogP contribution >= 0.6 is 0 Å². The summed E-state index contributed by atoms with van der Waals surface area (Å²) in [5, 5.41) is 8.66. The molecule has 20 heavy (non-hydrogen) atoms. The van der Waals surface area contributed by atoms with Gasteiger partial charge >= 0.3 is 0 Å². The molecule has 0 amide bonds. The lowest BCUT2D eigenvalue weighted by Gasteiger charge is -2.16. The second kappa shape index (κ2) is 6.16. The van der Waals surface area contributed by atoms with E-state index in [0.29, 0.717) is 11.1 Å². The third kappa shape index (κ3) is 5.11. The molecule has 0 aliphatic heterocycles. The number of Topliss-reactive ketones (excluding diaryl/α,β-unsaturated/α-hetero) is 1. The molecule has 0 heterocycles. The van der Waals surface area contributed by atoms with Gasteiger partial charge in [0.15, 0.2) is 5.78 Å². The number of nitrogens with zero attached hydrogens (tertiary/aromatic N) is 1. The zero-order valence-electron chi connectivity index (χ0n) is 11.8. The van der Waals surface area contributed by atoms with Gasteiger partial charge in [-0.25, -0.2) is 13.1 Å². The number of hydrogen-bond acceptors (Lipinski definition) is 4. The molecule has 0 bridgehead atoms. The van der Waals surface area contributed by atoms with Crippen LogP contribution in [0.3, 0.4) is 0 Å². The van der Waals surface area contributed by atoms with Crippen molar-refractivity contribution >= 4 is 15.8 Å². The van der Waals surface area contributed by atoms with Gasteiger partial charge in [0.05, 0.1) is 23.9 Å². The maximum Gasteiger partial charge on any atom is 0.216 e. The molecular weight excluding hydrogens is 276 g/mol. The number of carbonyl (C=O) groups is 1. The van der Waals surface area contributed by atoms with Gasteiger partial charge in [-0.1, -0.05) is 32.9 Å². The number of nitrogens with one attached hydrogen (secondary N) is 1. The first-order valence-corrected chi connectivity index (χ1v) is 7.79. The number of carbonyl (C=O) groups excluding carboxylic acids is 1. The standard InChI is InChI=1S/C14H18N2O3S/c1-14(2,3)13(17)9-16-20(18,19)10-12-6-4-11(8-15)5-7-12/h4-7,16H,9-10H2,1-3H3. The van der Waals surface area contributed by atoms with Crippen molar-refractivity contribution in [2.24, 2.45) is 5.41 Å². The average molecular weight is 294 g/mol. The third-order valence-electron chi connectivity index (χ3n) is 2.73. The van der Waals surface area contributed by atoms with Crippen LogP contribution in [0.1, 0.15) is 31.9 Å². The number of sulfonamides is 1. The topological polar surface area (TPSA) is 87.0 Å². The van der Waals surface area contributed by atoms with Crippen molar-refractivity contribution in [2.45, 2.75) is 26.5 Å². The minimum atomic E-state index is -3.56. The van der Waals surface area contributed by atoms with Gasteiger partial charge in [0.1, 0.15) is 0 Å². The number of rotatable bonds is 5. The molecule has 0 atom stereocenters. The molecule has 0 fully saturated rings. The van der Waals surface area contributed by atoms with Crippen LogP contribution in [0.25, 0.3) is 0 Å². The molecule has 1 N–H and O–H groups in total. The van der Waals surface area contributed by atoms with Crippen molar-refractivity contribution in [1.82, 2.24) is 4.72 Å². The highest BCUT2D eigenvalue weighted by atomic mass is 32.2. The van der Waals surface area contributed by atoms with Crippen molar-refractivity contribution in [1.29, 1.82) is 5.26 Å². The van der Waals surface area contributed by atoms with E-state index in [1.54, 1.807) is 45.0 Å². The van der Waals surface area contributed by atoms with Gasteiger partial charge in [-0.3, -0.25) is 4.79 Å². The zero-order valence-corrected chi connectivity index (χ0v) is 12.6. The lowest BCUT2D eigenvalue weighted by Crippen LogP contribution is -2.36. The predicted octanol–water partition coefficient (Wildman–Crippen LogP) is 1.59. The number of hydrogen-bond donors (Lipinski definition) is 1. The first-order chi connectivity index (χ1) is 9.14. The molecule has 108 valence electrons. The maximum atomic E-state index is 11.9. The van der Waals surface area contributed by atoms with E-state index in [1.807, 2.05) is 6.07 Å². The van der Waals surface area contributed by atoms with Gasteiger partial charge < -0.3 is 0 Å². The maximum absolute atomic E-state index is 11.9. The van der Waals surface area contributed by atoms with Crippen LogP contribution in [-0.4, -0.2) is 20.7 Å². The highest BCUT2D eigenvalue weighted by molar-refractivity contribution is 7.88. The molecular formula is C14H18N2O3S. The van der Waals surface area contributed by atoms with Crippen LogP contribution < -0.4 is 4.72 Å². The van der Waals surface area contributed by atoms with Crippen molar-refractivity contribution in [2.75, 3.05) is 6.54 Å². The van der Waals surface area contributed by atoms with Crippen LogP contribution in [0.2, 0.25) is 0 Å². The first-order valence-electron chi connectivity index (χ1n) is 6.14. The van der Waals surface area contributed by atoms with E-state index in [9.17, 15) is 13.2 Å². The minimum Gasteiger partial charge on any atom is -0.298 e. The Bertz CT molecular complexity index is 620. The Labute approximate surface area is 119 Å². The van der Waals surface area contributed by atoms with Crippen molar-refractivity contribution in [3.8, 4) is 6.07 Å². The van der Waals surface area contributed by atoms with Gasteiger partial charge in [-0.15, -0.1) is 0 Å². The molecule has 0 saturated carbocycles. The molecule has 0 aromatic heterocycles. The third-order valence-corrected chi connectivity index (χ3v) is 4.03. The molecule has 0 spiro atoms. The summed E-state index contributed by atoms with van der Waals surface area (Å²) in [6.07, 6.45) is 0. The van der Waals surface area contributed by atoms with Crippen LogP contribution in [0.5, 0.6) is 0 Å². The molecule has 0 aliphatic rings. The highest BCUT2D eigenvalue weighted by Gasteiger charge is 2.22. The summed E-state index contributed by atoms with van der Waals surface area (Å²) in [5.41, 5.74) is 0.471. The summed E-state index contributed by atoms with van der Waals surface area (Å²) in [6.45, 7) is 5.01. The van der Waals surface area contributed by atoms with E-state index in [1.165, 1.54) is 0 Å². The SMILES string of the molecule is CC(C)(C)C(=O)CNS(=O)(=O)Cc1ccc(C#N)cc1. The van der Waals surface area contributed by atoms with Crippen molar-refractivity contribution in [3.63, 3.8) is 0 Å². The molecule has 0 unspecified atom stereocenters. The smallest absolute Gasteiger partial charge is 0.216 e. The summed E-state index contributed by atoms with van der Waals surface area (Å²) in [6, 6.07) is 8.26. The Balaban J connectivity index is 2.66. The summed E-state index contributed by atoms with van der Waals surface area (Å²) in [4.78, 5) is 11.7. The quantitative estimate of drug-likeness (QED) is 0.893. The van der Waals surface area contributed by atoms with E-state index < -0.39 is 15.4 Å². The van der Waals surface area contributed by atoms with Crippen LogP contribution in [0.4, 0.5) is 0 Å². The summed E-state index contributed by atoms with van der Waals surface area (Å²) in [5.74, 6) is -0.378. The Hall–Kier alpha value is -1.71. The molecule has 5 nitrogen and oxygen atoms in total. The Kier molecular flexibility index (Phi) is 5.03. The van der Waals surface area contributed by atoms with Crippen molar-refractivity contribution < 1.29 is 13.2 Å². The lowest BCUT2D eigenvalue weighted by atomic mass is 9.91. The number of nitriles is 1. The van der Waals surface area contributed by atoms with Crippen LogP contribution in [0.15, 0.2) is 24.3 Å². The predicted molar refractivity (Wildman–Crippen MR) is 76.2 cm³/mol. The molecule has 0 aliphatic carbocycles. The van der Waals surface area contributed by atoms with Crippen molar-refractivity contribution in [3.05, 3.63) is 35.4 Å². The minimum absolute atomic E-state index is 0.166. The van der Waals surface area contributed by atoms with Gasteiger partial charge in [-0.05, 0) is 17.7 Å². The highest BCUT2D eigenvalue weighted by Crippen LogP contribution is 2.14. The van der Waals surface area contributed by atoms with E-state index in [0.717, 1.165) is 0 Å². The molecule has 1 aromatic rings. The van der Waals surface area contributed by atoms with Gasteiger partial charge in [0.25, 0.3) is 0 Å². The summed E-state index contributed by atoms with van der Waals surface area (Å²) in [7, 11) is -3.56. The van der Waals surface area contributed by atoms with Gasteiger partial charge in [0, 0.05) is 5.41 Å². The second-order valence-electron chi connectivity index (χ2n) is 5.56. The molecule has 0 saturated heterocycles. The number of ketones is 1. The fraction of sp³-hybridized carbons (Fsp3) is 0.429. The van der Waals surface area contributed by atoms with E-state index in [4.69, 9.17) is 5.26 Å². The Morgan fingerprint density at radius 1 is 1.25 bits per heavy atom. The molecule has 6 heteroatoms. The molecule has 1 aromatic carbocycles. The molecule has 1 rings (SSSR count).